The Hall–Kier alpha value is -2.06. The highest BCUT2D eigenvalue weighted by molar-refractivity contribution is 5.90. The molecule has 1 fully saturated rings. The van der Waals surface area contributed by atoms with E-state index in [-0.39, 0.29) is 25.1 Å². The van der Waals surface area contributed by atoms with E-state index >= 15 is 0 Å². The Kier molecular flexibility index (Phi) is 5.51. The molecule has 1 saturated heterocycles. The highest BCUT2D eigenvalue weighted by atomic mass is 19.4. The van der Waals surface area contributed by atoms with Crippen molar-refractivity contribution in [2.75, 3.05) is 13.2 Å². The third-order valence-electron chi connectivity index (χ3n) is 3.95. The maximum absolute atomic E-state index is 13.0. The highest BCUT2D eigenvalue weighted by Gasteiger charge is 2.40. The molecule has 2 rings (SSSR count). The Morgan fingerprint density at radius 3 is 2.67 bits per heavy atom. The third kappa shape index (κ3) is 4.07. The Balaban J connectivity index is 2.21. The van der Waals surface area contributed by atoms with Crippen molar-refractivity contribution in [1.82, 2.24) is 14.7 Å². The van der Waals surface area contributed by atoms with Gasteiger partial charge in [-0.1, -0.05) is 0 Å². The van der Waals surface area contributed by atoms with Crippen LogP contribution in [-0.4, -0.2) is 45.8 Å². The molecule has 0 aliphatic carbocycles. The second-order valence-corrected chi connectivity index (χ2v) is 5.74. The van der Waals surface area contributed by atoms with Crippen LogP contribution in [-0.2, 0) is 22.3 Å². The van der Waals surface area contributed by atoms with Gasteiger partial charge in [-0.2, -0.15) is 18.3 Å². The van der Waals surface area contributed by atoms with Crippen molar-refractivity contribution in [3.05, 3.63) is 17.5 Å². The van der Waals surface area contributed by atoms with Gasteiger partial charge in [0.2, 0.25) is 5.91 Å². The smallest absolute Gasteiger partial charge is 0.436 e. The summed E-state index contributed by atoms with van der Waals surface area (Å²) < 4.78 is 44.6. The zero-order valence-electron chi connectivity index (χ0n) is 13.6. The summed E-state index contributed by atoms with van der Waals surface area (Å²) in [6, 6.07) is 0.0495. The summed E-state index contributed by atoms with van der Waals surface area (Å²) >= 11 is 0. The molecule has 2 heterocycles. The first-order valence-corrected chi connectivity index (χ1v) is 7.85. The van der Waals surface area contributed by atoms with E-state index in [0.717, 1.165) is 30.1 Å². The highest BCUT2D eigenvalue weighted by Crippen LogP contribution is 2.31. The molecule has 0 spiro atoms. The van der Waals surface area contributed by atoms with Crippen molar-refractivity contribution in [1.29, 1.82) is 0 Å². The Morgan fingerprint density at radius 2 is 2.08 bits per heavy atom. The second kappa shape index (κ2) is 7.23. The second-order valence-electron chi connectivity index (χ2n) is 5.74. The van der Waals surface area contributed by atoms with Gasteiger partial charge in [0, 0.05) is 18.8 Å². The van der Waals surface area contributed by atoms with Crippen molar-refractivity contribution in [3.8, 4) is 0 Å². The van der Waals surface area contributed by atoms with E-state index in [2.05, 4.69) is 9.84 Å². The van der Waals surface area contributed by atoms with Gasteiger partial charge in [-0.05, 0) is 33.1 Å². The molecule has 134 valence electrons. The molecule has 0 bridgehead atoms. The molecule has 0 aromatic carbocycles. The van der Waals surface area contributed by atoms with E-state index in [1.165, 1.54) is 6.92 Å². The van der Waals surface area contributed by atoms with Gasteiger partial charge in [0.05, 0.1) is 6.61 Å². The van der Waals surface area contributed by atoms with E-state index in [1.54, 1.807) is 4.90 Å². The monoisotopic (exact) mass is 347 g/mol. The molecule has 1 amide bonds. The number of amides is 1. The number of nitrogens with zero attached hydrogens (tertiary/aromatic N) is 3. The number of ether oxygens (including phenoxy) is 1. The quantitative estimate of drug-likeness (QED) is 0.785. The molecule has 0 N–H and O–H groups in total. The first-order valence-electron chi connectivity index (χ1n) is 7.85. The molecule has 0 saturated carbocycles. The average molecular weight is 347 g/mol. The van der Waals surface area contributed by atoms with Crippen LogP contribution in [0.2, 0.25) is 0 Å². The van der Waals surface area contributed by atoms with Gasteiger partial charge >= 0.3 is 12.1 Å². The lowest BCUT2D eigenvalue weighted by Crippen LogP contribution is -2.43. The molecule has 1 atom stereocenters. The summed E-state index contributed by atoms with van der Waals surface area (Å²) in [7, 11) is 0. The Morgan fingerprint density at radius 1 is 1.38 bits per heavy atom. The van der Waals surface area contributed by atoms with Gasteiger partial charge in [-0.3, -0.25) is 9.48 Å². The summed E-state index contributed by atoms with van der Waals surface area (Å²) in [6.07, 6.45) is -1.11. The molecule has 24 heavy (non-hydrogen) atoms. The van der Waals surface area contributed by atoms with Crippen LogP contribution in [0.25, 0.3) is 0 Å². The molecule has 0 unspecified atom stereocenters. The van der Waals surface area contributed by atoms with Gasteiger partial charge in [-0.25, -0.2) is 4.79 Å². The average Bonchev–Trinajstić information content (AvgIpc) is 2.92. The van der Waals surface area contributed by atoms with Crippen LogP contribution in [0.15, 0.2) is 6.20 Å². The van der Waals surface area contributed by atoms with Gasteiger partial charge in [-0.15, -0.1) is 0 Å². The summed E-state index contributed by atoms with van der Waals surface area (Å²) in [5, 5.41) is 3.39. The maximum Gasteiger partial charge on any atom is 0.436 e. The number of aromatic nitrogens is 2. The van der Waals surface area contributed by atoms with Crippen LogP contribution < -0.4 is 0 Å². The van der Waals surface area contributed by atoms with Crippen molar-refractivity contribution in [3.63, 3.8) is 0 Å². The van der Waals surface area contributed by atoms with Crippen LogP contribution >= 0.6 is 0 Å². The standard InChI is InChI=1S/C15H20F3N3O3/c1-3-24-14(23)11-8-20(19-13(11)15(16,17)18)9-12(22)21-7-5-4-6-10(21)2/h8,10H,3-7,9H2,1-2H3/t10-/m0/s1. The van der Waals surface area contributed by atoms with Crippen LogP contribution in [0.4, 0.5) is 13.2 Å². The number of piperidine rings is 1. The molecule has 6 nitrogen and oxygen atoms in total. The predicted molar refractivity (Wildman–Crippen MR) is 78.2 cm³/mol. The maximum atomic E-state index is 13.0. The molecule has 1 aromatic heterocycles. The number of carbonyl (C=O) groups excluding carboxylic acids is 2. The van der Waals surface area contributed by atoms with Gasteiger partial charge in [0.15, 0.2) is 5.69 Å². The number of alkyl halides is 3. The summed E-state index contributed by atoms with van der Waals surface area (Å²) in [5.74, 6) is -1.41. The molecule has 1 aliphatic heterocycles. The van der Waals surface area contributed by atoms with E-state index in [1.807, 2.05) is 6.92 Å². The third-order valence-corrected chi connectivity index (χ3v) is 3.95. The fourth-order valence-corrected chi connectivity index (χ4v) is 2.77. The lowest BCUT2D eigenvalue weighted by atomic mass is 10.0. The van der Waals surface area contributed by atoms with Gasteiger partial charge in [0.25, 0.3) is 0 Å². The zero-order valence-corrected chi connectivity index (χ0v) is 13.6. The van der Waals surface area contributed by atoms with E-state index in [0.29, 0.717) is 6.54 Å². The molecular weight excluding hydrogens is 327 g/mol. The normalized spacial score (nSPS) is 18.5. The number of hydrogen-bond acceptors (Lipinski definition) is 4. The topological polar surface area (TPSA) is 64.4 Å². The van der Waals surface area contributed by atoms with E-state index in [9.17, 15) is 22.8 Å². The first kappa shape index (κ1) is 18.3. The largest absolute Gasteiger partial charge is 0.462 e. The Labute approximate surface area is 137 Å². The molecular formula is C15H20F3N3O3. The fraction of sp³-hybridized carbons (Fsp3) is 0.667. The van der Waals surface area contributed by atoms with Crippen LogP contribution in [0.5, 0.6) is 0 Å². The summed E-state index contributed by atoms with van der Waals surface area (Å²) in [5.41, 5.74) is -2.01. The summed E-state index contributed by atoms with van der Waals surface area (Å²) in [4.78, 5) is 25.6. The number of carbonyl (C=O) groups is 2. The minimum Gasteiger partial charge on any atom is -0.462 e. The number of halogens is 3. The minimum atomic E-state index is -4.80. The summed E-state index contributed by atoms with van der Waals surface area (Å²) in [6.45, 7) is 3.60. The van der Waals surface area contributed by atoms with Crippen molar-refractivity contribution in [2.45, 2.75) is 51.9 Å². The van der Waals surface area contributed by atoms with Crippen LogP contribution in [0, 0.1) is 0 Å². The van der Waals surface area contributed by atoms with Crippen LogP contribution in [0.3, 0.4) is 0 Å². The molecule has 1 aliphatic rings. The first-order chi connectivity index (χ1) is 11.2. The Bertz CT molecular complexity index is 613. The van der Waals surface area contributed by atoms with E-state index in [4.69, 9.17) is 0 Å². The van der Waals surface area contributed by atoms with Gasteiger partial charge < -0.3 is 9.64 Å². The van der Waals surface area contributed by atoms with Crippen LogP contribution in [0.1, 0.15) is 49.2 Å². The van der Waals surface area contributed by atoms with Gasteiger partial charge in [0.1, 0.15) is 12.1 Å². The van der Waals surface area contributed by atoms with Crippen molar-refractivity contribution < 1.29 is 27.5 Å². The van der Waals surface area contributed by atoms with E-state index < -0.39 is 23.4 Å². The SMILES string of the molecule is CCOC(=O)c1cn(CC(=O)N2CCCC[C@@H]2C)nc1C(F)(F)F. The number of hydrogen-bond donors (Lipinski definition) is 0. The fourth-order valence-electron chi connectivity index (χ4n) is 2.77. The molecule has 9 heteroatoms. The lowest BCUT2D eigenvalue weighted by molar-refractivity contribution is -0.143. The number of rotatable bonds is 4. The molecule has 1 aromatic rings. The molecule has 0 radical (unpaired) electrons. The van der Waals surface area contributed by atoms with Crippen molar-refractivity contribution >= 4 is 11.9 Å². The predicted octanol–water partition coefficient (Wildman–Crippen LogP) is 2.48. The lowest BCUT2D eigenvalue weighted by Gasteiger charge is -2.33. The number of likely N-dealkylation sites (tertiary alicyclic amines) is 1. The minimum absolute atomic E-state index is 0.0495. The zero-order chi connectivity index (χ0) is 17.9. The number of esters is 1. The van der Waals surface area contributed by atoms with Crippen molar-refractivity contribution in [2.24, 2.45) is 0 Å².